The molecule has 0 saturated carbocycles. The summed E-state index contributed by atoms with van der Waals surface area (Å²) < 4.78 is 0. The summed E-state index contributed by atoms with van der Waals surface area (Å²) in [6.07, 6.45) is 1.52. The van der Waals surface area contributed by atoms with Gasteiger partial charge in [-0.2, -0.15) is 0 Å². The van der Waals surface area contributed by atoms with Crippen molar-refractivity contribution in [3.05, 3.63) is 38.9 Å². The standard InChI is InChI=1S/C17H21N5OS2/c1-5-22(6-2)9-12-19-15-14(10(3)11(4)24-15)16(20-12)25-17-18-8-7-13(23)21-17/h7-8H,5-6,9H2,1-4H3,(H,18,21,23)/p+1. The first kappa shape index (κ1) is 18.0. The highest BCUT2D eigenvalue weighted by molar-refractivity contribution is 7.99. The van der Waals surface area contributed by atoms with Crippen molar-refractivity contribution >= 4 is 33.3 Å². The quantitative estimate of drug-likeness (QED) is 0.508. The Morgan fingerprint density at radius 3 is 2.68 bits per heavy atom. The molecule has 0 fully saturated rings. The average molecular weight is 377 g/mol. The van der Waals surface area contributed by atoms with Gasteiger partial charge in [-0.05, 0) is 45.0 Å². The number of aromatic amines is 1. The van der Waals surface area contributed by atoms with Crippen molar-refractivity contribution in [1.29, 1.82) is 0 Å². The average Bonchev–Trinajstić information content (AvgIpc) is 2.87. The minimum absolute atomic E-state index is 0.158. The number of quaternary nitrogens is 1. The van der Waals surface area contributed by atoms with Crippen LogP contribution in [0.15, 0.2) is 27.2 Å². The number of nitrogens with zero attached hydrogens (tertiary/aromatic N) is 3. The summed E-state index contributed by atoms with van der Waals surface area (Å²) in [5, 5.41) is 2.48. The summed E-state index contributed by atoms with van der Waals surface area (Å²) in [7, 11) is 0. The predicted molar refractivity (Wildman–Crippen MR) is 102 cm³/mol. The van der Waals surface area contributed by atoms with Crippen LogP contribution in [0.3, 0.4) is 0 Å². The molecule has 0 aliphatic rings. The molecule has 0 atom stereocenters. The van der Waals surface area contributed by atoms with Crippen LogP contribution in [0.1, 0.15) is 30.1 Å². The summed E-state index contributed by atoms with van der Waals surface area (Å²) in [6, 6.07) is 1.41. The smallest absolute Gasteiger partial charge is 0.251 e. The molecule has 6 nitrogen and oxygen atoms in total. The molecule has 132 valence electrons. The van der Waals surface area contributed by atoms with E-state index in [4.69, 9.17) is 9.97 Å². The number of H-pyrrole nitrogens is 1. The van der Waals surface area contributed by atoms with Gasteiger partial charge in [0.25, 0.3) is 5.56 Å². The molecule has 25 heavy (non-hydrogen) atoms. The van der Waals surface area contributed by atoms with Gasteiger partial charge in [0, 0.05) is 22.5 Å². The number of hydrogen-bond donors (Lipinski definition) is 2. The van der Waals surface area contributed by atoms with Crippen molar-refractivity contribution in [3.8, 4) is 0 Å². The molecule has 2 N–H and O–H groups in total. The SMILES string of the molecule is CC[NH+](CC)Cc1nc(Sc2nccc(=O)[nH]2)c2c(C)c(C)sc2n1. The van der Waals surface area contributed by atoms with Crippen LogP contribution in [0.25, 0.3) is 10.2 Å². The maximum Gasteiger partial charge on any atom is 0.251 e. The number of rotatable bonds is 6. The summed E-state index contributed by atoms with van der Waals surface area (Å²) in [4.78, 5) is 31.9. The molecule has 8 heteroatoms. The first-order valence-electron chi connectivity index (χ1n) is 8.35. The van der Waals surface area contributed by atoms with Gasteiger partial charge < -0.3 is 9.88 Å². The van der Waals surface area contributed by atoms with E-state index < -0.39 is 0 Å². The topological polar surface area (TPSA) is 76.0 Å². The van der Waals surface area contributed by atoms with Crippen LogP contribution in [-0.4, -0.2) is 33.0 Å². The Morgan fingerprint density at radius 2 is 2.00 bits per heavy atom. The molecule has 0 aliphatic heterocycles. The highest BCUT2D eigenvalue weighted by Gasteiger charge is 2.18. The molecule has 3 heterocycles. The molecule has 3 rings (SSSR count). The number of hydrogen-bond acceptors (Lipinski definition) is 6. The zero-order valence-corrected chi connectivity index (χ0v) is 16.5. The lowest BCUT2D eigenvalue weighted by Gasteiger charge is -2.14. The highest BCUT2D eigenvalue weighted by Crippen LogP contribution is 2.36. The molecule has 0 amide bonds. The maximum absolute atomic E-state index is 11.6. The van der Waals surface area contributed by atoms with E-state index in [-0.39, 0.29) is 5.56 Å². The molecule has 0 radical (unpaired) electrons. The monoisotopic (exact) mass is 376 g/mol. The van der Waals surface area contributed by atoms with E-state index in [1.165, 1.54) is 39.4 Å². The molecular formula is C17H22N5OS2+. The molecule has 0 unspecified atom stereocenters. The van der Waals surface area contributed by atoms with Gasteiger partial charge in [-0.1, -0.05) is 0 Å². The van der Waals surface area contributed by atoms with Crippen molar-refractivity contribution in [2.24, 2.45) is 0 Å². The van der Waals surface area contributed by atoms with Gasteiger partial charge in [0.15, 0.2) is 11.0 Å². The minimum atomic E-state index is -0.158. The lowest BCUT2D eigenvalue weighted by atomic mass is 10.2. The summed E-state index contributed by atoms with van der Waals surface area (Å²) in [5.74, 6) is 0.841. The number of aromatic nitrogens is 4. The van der Waals surface area contributed by atoms with E-state index in [9.17, 15) is 4.79 Å². The van der Waals surface area contributed by atoms with Gasteiger partial charge in [-0.25, -0.2) is 15.0 Å². The zero-order valence-electron chi connectivity index (χ0n) is 14.8. The number of nitrogens with one attached hydrogen (secondary N) is 2. The number of thiophene rings is 1. The Hall–Kier alpha value is -1.77. The van der Waals surface area contributed by atoms with E-state index in [1.54, 1.807) is 11.3 Å². The number of aryl methyl sites for hydroxylation is 2. The van der Waals surface area contributed by atoms with E-state index >= 15 is 0 Å². The van der Waals surface area contributed by atoms with Crippen LogP contribution in [0, 0.1) is 13.8 Å². The second-order valence-corrected chi connectivity index (χ2v) is 8.06. The Balaban J connectivity index is 2.08. The summed E-state index contributed by atoms with van der Waals surface area (Å²) in [5.41, 5.74) is 1.04. The van der Waals surface area contributed by atoms with Crippen LogP contribution < -0.4 is 10.5 Å². The van der Waals surface area contributed by atoms with Crippen LogP contribution in [0.2, 0.25) is 0 Å². The fraction of sp³-hybridized carbons (Fsp3) is 0.412. The lowest BCUT2D eigenvalue weighted by molar-refractivity contribution is -0.910. The van der Waals surface area contributed by atoms with Crippen LogP contribution >= 0.6 is 23.1 Å². The molecular weight excluding hydrogens is 354 g/mol. The van der Waals surface area contributed by atoms with Crippen molar-refractivity contribution in [3.63, 3.8) is 0 Å². The third kappa shape index (κ3) is 3.91. The Morgan fingerprint density at radius 1 is 1.24 bits per heavy atom. The van der Waals surface area contributed by atoms with E-state index in [2.05, 4.69) is 37.7 Å². The first-order chi connectivity index (χ1) is 12.0. The predicted octanol–water partition coefficient (Wildman–Crippen LogP) is 1.97. The largest absolute Gasteiger partial charge is 0.329 e. The maximum atomic E-state index is 11.6. The second kappa shape index (κ2) is 7.63. The molecule has 0 spiro atoms. The Labute approximate surface area is 154 Å². The van der Waals surface area contributed by atoms with Crippen molar-refractivity contribution in [2.45, 2.75) is 44.4 Å². The van der Waals surface area contributed by atoms with Crippen molar-refractivity contribution < 1.29 is 4.90 Å². The Kier molecular flexibility index (Phi) is 5.51. The van der Waals surface area contributed by atoms with Crippen molar-refractivity contribution in [2.75, 3.05) is 13.1 Å². The fourth-order valence-corrected chi connectivity index (χ4v) is 4.69. The molecule has 0 aromatic carbocycles. The zero-order chi connectivity index (χ0) is 18.0. The van der Waals surface area contributed by atoms with Gasteiger partial charge in [-0.15, -0.1) is 11.3 Å². The normalized spacial score (nSPS) is 11.6. The fourth-order valence-electron chi connectivity index (χ4n) is 2.63. The molecule has 3 aromatic rings. The third-order valence-electron chi connectivity index (χ3n) is 4.29. The van der Waals surface area contributed by atoms with Crippen LogP contribution in [0.5, 0.6) is 0 Å². The van der Waals surface area contributed by atoms with E-state index in [0.717, 1.165) is 40.7 Å². The van der Waals surface area contributed by atoms with Gasteiger partial charge in [0.2, 0.25) is 0 Å². The number of fused-ring (bicyclic) bond motifs is 1. The van der Waals surface area contributed by atoms with Gasteiger partial charge in [0.1, 0.15) is 16.4 Å². The summed E-state index contributed by atoms with van der Waals surface area (Å²) in [6.45, 7) is 11.4. The lowest BCUT2D eigenvalue weighted by Crippen LogP contribution is -3.10. The first-order valence-corrected chi connectivity index (χ1v) is 9.98. The molecule has 3 aromatic heterocycles. The van der Waals surface area contributed by atoms with Gasteiger partial charge in [-0.3, -0.25) is 4.79 Å². The van der Waals surface area contributed by atoms with Gasteiger partial charge >= 0.3 is 0 Å². The molecule has 0 bridgehead atoms. The van der Waals surface area contributed by atoms with Crippen LogP contribution in [-0.2, 0) is 6.54 Å². The van der Waals surface area contributed by atoms with E-state index in [1.807, 2.05) is 0 Å². The third-order valence-corrected chi connectivity index (χ3v) is 6.28. The Bertz CT molecular complexity index is 946. The highest BCUT2D eigenvalue weighted by atomic mass is 32.2. The minimum Gasteiger partial charge on any atom is -0.329 e. The van der Waals surface area contributed by atoms with Crippen LogP contribution in [0.4, 0.5) is 0 Å². The second-order valence-electron chi connectivity index (χ2n) is 5.88. The summed E-state index contributed by atoms with van der Waals surface area (Å²) >= 11 is 3.09. The van der Waals surface area contributed by atoms with Crippen molar-refractivity contribution in [1.82, 2.24) is 19.9 Å². The molecule has 0 aliphatic carbocycles. The molecule has 0 saturated heterocycles. The van der Waals surface area contributed by atoms with E-state index in [0.29, 0.717) is 5.16 Å². The van der Waals surface area contributed by atoms with Gasteiger partial charge in [0.05, 0.1) is 13.1 Å².